The minimum atomic E-state index is 0.576. The number of ether oxygens (including phenoxy) is 2. The van der Waals surface area contributed by atoms with Crippen molar-refractivity contribution in [1.82, 2.24) is 9.97 Å². The average Bonchev–Trinajstić information content (AvgIpc) is 3.13. The smallest absolute Gasteiger partial charge is 0.244 e. The molecule has 2 rings (SSSR count). The fourth-order valence-corrected chi connectivity index (χ4v) is 1.57. The van der Waals surface area contributed by atoms with E-state index in [1.165, 1.54) is 19.2 Å². The first-order valence-corrected chi connectivity index (χ1v) is 6.19. The molecule has 1 fully saturated rings. The molecular formula is C12H19N3O2. The highest BCUT2D eigenvalue weighted by Gasteiger charge is 2.23. The Balaban J connectivity index is 2.13. The van der Waals surface area contributed by atoms with Crippen molar-refractivity contribution < 1.29 is 9.47 Å². The van der Waals surface area contributed by atoms with Crippen molar-refractivity contribution in [2.24, 2.45) is 5.92 Å². The van der Waals surface area contributed by atoms with Crippen LogP contribution >= 0.6 is 0 Å². The predicted octanol–water partition coefficient (Wildman–Crippen LogP) is 2.10. The SMILES string of the molecule is CCOc1ncnc(OCC)c1NCC1CC1. The molecule has 1 heterocycles. The average molecular weight is 237 g/mol. The minimum absolute atomic E-state index is 0.576. The summed E-state index contributed by atoms with van der Waals surface area (Å²) >= 11 is 0. The largest absolute Gasteiger partial charge is 0.476 e. The van der Waals surface area contributed by atoms with Crippen LogP contribution in [0, 0.1) is 5.92 Å². The first kappa shape index (κ1) is 12.0. The van der Waals surface area contributed by atoms with Crippen LogP contribution in [0.1, 0.15) is 26.7 Å². The molecule has 0 saturated heterocycles. The molecule has 1 aliphatic carbocycles. The molecule has 1 aromatic heterocycles. The van der Waals surface area contributed by atoms with Crippen molar-refractivity contribution in [3.05, 3.63) is 6.33 Å². The topological polar surface area (TPSA) is 56.3 Å². The lowest BCUT2D eigenvalue weighted by Gasteiger charge is -2.14. The van der Waals surface area contributed by atoms with Gasteiger partial charge in [-0.15, -0.1) is 0 Å². The van der Waals surface area contributed by atoms with E-state index < -0.39 is 0 Å². The van der Waals surface area contributed by atoms with Crippen molar-refractivity contribution in [2.45, 2.75) is 26.7 Å². The van der Waals surface area contributed by atoms with E-state index >= 15 is 0 Å². The van der Waals surface area contributed by atoms with Gasteiger partial charge >= 0.3 is 0 Å². The second-order valence-corrected chi connectivity index (χ2v) is 4.05. The quantitative estimate of drug-likeness (QED) is 0.787. The maximum Gasteiger partial charge on any atom is 0.244 e. The fraction of sp³-hybridized carbons (Fsp3) is 0.667. The van der Waals surface area contributed by atoms with Crippen LogP contribution in [0.4, 0.5) is 5.69 Å². The Morgan fingerprint density at radius 2 is 1.76 bits per heavy atom. The van der Waals surface area contributed by atoms with E-state index in [4.69, 9.17) is 9.47 Å². The maximum absolute atomic E-state index is 5.48. The third-order valence-corrected chi connectivity index (χ3v) is 2.60. The molecule has 0 amide bonds. The van der Waals surface area contributed by atoms with E-state index in [-0.39, 0.29) is 0 Å². The zero-order valence-electron chi connectivity index (χ0n) is 10.4. The van der Waals surface area contributed by atoms with Gasteiger partial charge in [-0.3, -0.25) is 0 Å². The lowest BCUT2D eigenvalue weighted by molar-refractivity contribution is 0.308. The zero-order chi connectivity index (χ0) is 12.1. The van der Waals surface area contributed by atoms with Crippen molar-refractivity contribution in [3.8, 4) is 11.8 Å². The van der Waals surface area contributed by atoms with E-state index in [0.717, 1.165) is 18.2 Å². The first-order chi connectivity index (χ1) is 8.35. The Morgan fingerprint density at radius 3 is 2.24 bits per heavy atom. The van der Waals surface area contributed by atoms with Gasteiger partial charge in [-0.2, -0.15) is 9.97 Å². The van der Waals surface area contributed by atoms with Crippen molar-refractivity contribution in [1.29, 1.82) is 0 Å². The summed E-state index contributed by atoms with van der Waals surface area (Å²) in [5, 5.41) is 3.34. The molecule has 0 radical (unpaired) electrons. The van der Waals surface area contributed by atoms with Crippen molar-refractivity contribution >= 4 is 5.69 Å². The molecule has 0 aliphatic heterocycles. The molecule has 0 spiro atoms. The Morgan fingerprint density at radius 1 is 1.18 bits per heavy atom. The summed E-state index contributed by atoms with van der Waals surface area (Å²) in [5.41, 5.74) is 0.781. The van der Waals surface area contributed by atoms with Crippen LogP contribution < -0.4 is 14.8 Å². The lowest BCUT2D eigenvalue weighted by atomic mass is 10.4. The van der Waals surface area contributed by atoms with E-state index in [1.807, 2.05) is 13.8 Å². The van der Waals surface area contributed by atoms with Crippen LogP contribution in [0.2, 0.25) is 0 Å². The zero-order valence-corrected chi connectivity index (χ0v) is 10.4. The highest BCUT2D eigenvalue weighted by molar-refractivity contribution is 5.60. The summed E-state index contributed by atoms with van der Waals surface area (Å²) in [6.07, 6.45) is 4.07. The van der Waals surface area contributed by atoms with Crippen LogP contribution in [0.15, 0.2) is 6.33 Å². The molecule has 5 nitrogen and oxygen atoms in total. The highest BCUT2D eigenvalue weighted by Crippen LogP contribution is 2.34. The molecule has 0 unspecified atom stereocenters. The van der Waals surface area contributed by atoms with E-state index in [2.05, 4.69) is 15.3 Å². The number of rotatable bonds is 7. The van der Waals surface area contributed by atoms with Gasteiger partial charge in [0.25, 0.3) is 0 Å². The Labute approximate surface area is 102 Å². The molecule has 1 aromatic rings. The number of aromatic nitrogens is 2. The summed E-state index contributed by atoms with van der Waals surface area (Å²) in [7, 11) is 0. The first-order valence-electron chi connectivity index (χ1n) is 6.19. The van der Waals surface area contributed by atoms with E-state index in [9.17, 15) is 0 Å². The van der Waals surface area contributed by atoms with E-state index in [1.54, 1.807) is 0 Å². The van der Waals surface area contributed by atoms with Gasteiger partial charge in [0.1, 0.15) is 6.33 Å². The molecule has 1 aliphatic rings. The third-order valence-electron chi connectivity index (χ3n) is 2.60. The van der Waals surface area contributed by atoms with Crippen molar-refractivity contribution in [2.75, 3.05) is 25.1 Å². The highest BCUT2D eigenvalue weighted by atomic mass is 16.5. The number of nitrogens with zero attached hydrogens (tertiary/aromatic N) is 2. The third kappa shape index (κ3) is 3.22. The summed E-state index contributed by atoms with van der Waals surface area (Å²) < 4.78 is 11.0. The van der Waals surface area contributed by atoms with Crippen LogP contribution in [0.25, 0.3) is 0 Å². The number of hydrogen-bond acceptors (Lipinski definition) is 5. The van der Waals surface area contributed by atoms with Gasteiger partial charge in [0.2, 0.25) is 11.8 Å². The van der Waals surface area contributed by atoms with Gasteiger partial charge in [0.05, 0.1) is 13.2 Å². The molecule has 1 saturated carbocycles. The molecule has 94 valence electrons. The molecule has 0 bridgehead atoms. The van der Waals surface area contributed by atoms with Gasteiger partial charge in [0.15, 0.2) is 5.69 Å². The molecule has 5 heteroatoms. The van der Waals surface area contributed by atoms with Crippen molar-refractivity contribution in [3.63, 3.8) is 0 Å². The molecule has 1 N–H and O–H groups in total. The van der Waals surface area contributed by atoms with Crippen LogP contribution in [-0.4, -0.2) is 29.7 Å². The standard InChI is InChI=1S/C12H19N3O2/c1-3-16-11-10(13-7-9-5-6-9)12(17-4-2)15-8-14-11/h8-9,13H,3-7H2,1-2H3. The molecule has 0 aromatic carbocycles. The Hall–Kier alpha value is -1.52. The van der Waals surface area contributed by atoms with Gasteiger partial charge in [0, 0.05) is 6.54 Å². The molecule has 17 heavy (non-hydrogen) atoms. The minimum Gasteiger partial charge on any atom is -0.476 e. The number of nitrogens with one attached hydrogen (secondary N) is 1. The normalized spacial score (nSPS) is 14.5. The second kappa shape index (κ2) is 5.70. The Bertz CT molecular complexity index is 343. The fourth-order valence-electron chi connectivity index (χ4n) is 1.57. The number of anilines is 1. The van der Waals surface area contributed by atoms with Gasteiger partial charge in [-0.25, -0.2) is 0 Å². The van der Waals surface area contributed by atoms with Gasteiger partial charge in [-0.05, 0) is 32.6 Å². The number of hydrogen-bond donors (Lipinski definition) is 1. The molecule has 0 atom stereocenters. The summed E-state index contributed by atoms with van der Waals surface area (Å²) in [5.74, 6) is 1.93. The molecular weight excluding hydrogens is 218 g/mol. The van der Waals surface area contributed by atoms with Crippen LogP contribution in [0.5, 0.6) is 11.8 Å². The summed E-state index contributed by atoms with van der Waals surface area (Å²) in [6.45, 7) is 5.98. The lowest BCUT2D eigenvalue weighted by Crippen LogP contribution is -2.10. The predicted molar refractivity (Wildman–Crippen MR) is 65.6 cm³/mol. The second-order valence-electron chi connectivity index (χ2n) is 4.05. The summed E-state index contributed by atoms with van der Waals surface area (Å²) in [4.78, 5) is 8.27. The monoisotopic (exact) mass is 237 g/mol. The van der Waals surface area contributed by atoms with Crippen LogP contribution in [-0.2, 0) is 0 Å². The summed E-state index contributed by atoms with van der Waals surface area (Å²) in [6, 6.07) is 0. The van der Waals surface area contributed by atoms with Crippen LogP contribution in [0.3, 0.4) is 0 Å². The maximum atomic E-state index is 5.48. The van der Waals surface area contributed by atoms with E-state index in [0.29, 0.717) is 25.0 Å². The Kier molecular flexibility index (Phi) is 4.01. The van der Waals surface area contributed by atoms with Gasteiger partial charge < -0.3 is 14.8 Å². The van der Waals surface area contributed by atoms with Gasteiger partial charge in [-0.1, -0.05) is 0 Å².